The Morgan fingerprint density at radius 3 is 2.80 bits per heavy atom. The maximum Gasteiger partial charge on any atom is 0.213 e. The average Bonchev–Trinajstić information content (AvgIpc) is 3.32. The third-order valence-corrected chi connectivity index (χ3v) is 4.67. The first-order valence-corrected chi connectivity index (χ1v) is 9.59. The zero-order chi connectivity index (χ0) is 17.3. The smallest absolute Gasteiger partial charge is 0.213 e. The molecule has 2 heterocycles. The molecule has 0 aromatic carbocycles. The van der Waals surface area contributed by atoms with Crippen LogP contribution in [0.15, 0.2) is 23.3 Å². The van der Waals surface area contributed by atoms with E-state index < -0.39 is 0 Å². The second kappa shape index (κ2) is 9.61. The van der Waals surface area contributed by atoms with Crippen LogP contribution in [0.3, 0.4) is 0 Å². The van der Waals surface area contributed by atoms with Crippen LogP contribution < -0.4 is 15.4 Å². The van der Waals surface area contributed by atoms with Gasteiger partial charge in [-0.05, 0) is 51.0 Å². The summed E-state index contributed by atoms with van der Waals surface area (Å²) in [7, 11) is 0. The SMILES string of the molecule is CCNC(=NCc1ccc(OC2CCCC2)nc1)NCC1CCCO1. The number of aliphatic imine (C=N–C) groups is 1. The molecule has 0 radical (unpaired) electrons. The number of hydrogen-bond acceptors (Lipinski definition) is 4. The highest BCUT2D eigenvalue weighted by molar-refractivity contribution is 5.79. The topological polar surface area (TPSA) is 67.8 Å². The van der Waals surface area contributed by atoms with Gasteiger partial charge in [-0.25, -0.2) is 9.98 Å². The minimum Gasteiger partial charge on any atom is -0.474 e. The van der Waals surface area contributed by atoms with Crippen molar-refractivity contribution in [2.24, 2.45) is 4.99 Å². The van der Waals surface area contributed by atoms with Crippen molar-refractivity contribution in [3.8, 4) is 5.88 Å². The summed E-state index contributed by atoms with van der Waals surface area (Å²) in [5, 5.41) is 6.64. The van der Waals surface area contributed by atoms with Crippen LogP contribution in [0.2, 0.25) is 0 Å². The molecule has 3 rings (SSSR count). The Bertz CT molecular complexity index is 535. The van der Waals surface area contributed by atoms with E-state index in [1.807, 2.05) is 18.3 Å². The molecule has 1 aromatic rings. The number of ether oxygens (including phenoxy) is 2. The number of rotatable bonds is 7. The van der Waals surface area contributed by atoms with Crippen molar-refractivity contribution in [2.45, 2.75) is 64.2 Å². The molecule has 2 N–H and O–H groups in total. The van der Waals surface area contributed by atoms with Crippen LogP contribution in [0.4, 0.5) is 0 Å². The molecule has 0 spiro atoms. The minimum absolute atomic E-state index is 0.303. The van der Waals surface area contributed by atoms with Crippen molar-refractivity contribution in [1.82, 2.24) is 15.6 Å². The molecule has 138 valence electrons. The largest absolute Gasteiger partial charge is 0.474 e. The van der Waals surface area contributed by atoms with Gasteiger partial charge in [0.25, 0.3) is 0 Å². The number of nitrogens with zero attached hydrogens (tertiary/aromatic N) is 2. The lowest BCUT2D eigenvalue weighted by atomic mass is 10.2. The van der Waals surface area contributed by atoms with Crippen LogP contribution in [0.5, 0.6) is 5.88 Å². The summed E-state index contributed by atoms with van der Waals surface area (Å²) in [4.78, 5) is 9.06. The van der Waals surface area contributed by atoms with E-state index in [1.54, 1.807) is 0 Å². The molecule has 1 saturated heterocycles. The summed E-state index contributed by atoms with van der Waals surface area (Å²) in [5.74, 6) is 1.55. The monoisotopic (exact) mass is 346 g/mol. The van der Waals surface area contributed by atoms with E-state index >= 15 is 0 Å². The first-order chi connectivity index (χ1) is 12.3. The molecule has 2 aliphatic rings. The molecule has 25 heavy (non-hydrogen) atoms. The quantitative estimate of drug-likeness (QED) is 0.587. The maximum atomic E-state index is 5.90. The molecule has 1 unspecified atom stereocenters. The number of guanidine groups is 1. The predicted octanol–water partition coefficient (Wildman–Crippen LogP) is 2.64. The fraction of sp³-hybridized carbons (Fsp3) is 0.684. The number of hydrogen-bond donors (Lipinski definition) is 2. The first-order valence-electron chi connectivity index (χ1n) is 9.59. The Kier molecular flexibility index (Phi) is 6.91. The van der Waals surface area contributed by atoms with E-state index in [0.29, 0.717) is 18.8 Å². The van der Waals surface area contributed by atoms with E-state index in [1.165, 1.54) is 12.8 Å². The summed E-state index contributed by atoms with van der Waals surface area (Å²) in [5.41, 5.74) is 1.08. The zero-order valence-electron chi connectivity index (χ0n) is 15.2. The minimum atomic E-state index is 0.303. The third-order valence-electron chi connectivity index (χ3n) is 4.67. The van der Waals surface area contributed by atoms with E-state index in [2.05, 4.69) is 27.5 Å². The Labute approximate surface area is 150 Å². The molecule has 1 saturated carbocycles. The van der Waals surface area contributed by atoms with Gasteiger partial charge in [0.05, 0.1) is 12.6 Å². The lowest BCUT2D eigenvalue weighted by Crippen LogP contribution is -2.41. The third kappa shape index (κ3) is 5.88. The Hall–Kier alpha value is -1.82. The summed E-state index contributed by atoms with van der Waals surface area (Å²) in [6.45, 7) is 5.18. The summed E-state index contributed by atoms with van der Waals surface area (Å²) < 4.78 is 11.5. The molecule has 6 heteroatoms. The van der Waals surface area contributed by atoms with Crippen molar-refractivity contribution >= 4 is 5.96 Å². The van der Waals surface area contributed by atoms with E-state index in [-0.39, 0.29) is 0 Å². The van der Waals surface area contributed by atoms with Gasteiger partial charge in [-0.1, -0.05) is 6.07 Å². The van der Waals surface area contributed by atoms with Crippen molar-refractivity contribution < 1.29 is 9.47 Å². The van der Waals surface area contributed by atoms with Crippen molar-refractivity contribution in [3.63, 3.8) is 0 Å². The molecule has 1 atom stereocenters. The van der Waals surface area contributed by atoms with Crippen LogP contribution >= 0.6 is 0 Å². The van der Waals surface area contributed by atoms with Gasteiger partial charge in [-0.3, -0.25) is 0 Å². The predicted molar refractivity (Wildman–Crippen MR) is 98.9 cm³/mol. The summed E-state index contributed by atoms with van der Waals surface area (Å²) >= 11 is 0. The van der Waals surface area contributed by atoms with E-state index in [0.717, 1.165) is 62.8 Å². The summed E-state index contributed by atoms with van der Waals surface area (Å²) in [6, 6.07) is 4.00. The highest BCUT2D eigenvalue weighted by Gasteiger charge is 2.17. The molecular formula is C19H30N4O2. The van der Waals surface area contributed by atoms with Gasteiger partial charge >= 0.3 is 0 Å². The number of aromatic nitrogens is 1. The normalized spacial score (nSPS) is 21.5. The molecular weight excluding hydrogens is 316 g/mol. The van der Waals surface area contributed by atoms with Crippen molar-refractivity contribution in [3.05, 3.63) is 23.9 Å². The molecule has 1 aliphatic heterocycles. The lowest BCUT2D eigenvalue weighted by molar-refractivity contribution is 0.114. The van der Waals surface area contributed by atoms with E-state index in [4.69, 9.17) is 9.47 Å². The van der Waals surface area contributed by atoms with Gasteiger partial charge in [-0.2, -0.15) is 0 Å². The zero-order valence-corrected chi connectivity index (χ0v) is 15.2. The van der Waals surface area contributed by atoms with Crippen LogP contribution in [0, 0.1) is 0 Å². The highest BCUT2D eigenvalue weighted by Crippen LogP contribution is 2.22. The summed E-state index contributed by atoms with van der Waals surface area (Å²) in [6.07, 6.45) is 9.62. The molecule has 6 nitrogen and oxygen atoms in total. The van der Waals surface area contributed by atoms with Gasteiger partial charge in [-0.15, -0.1) is 0 Å². The fourth-order valence-electron chi connectivity index (χ4n) is 3.28. The lowest BCUT2D eigenvalue weighted by Gasteiger charge is -2.15. The van der Waals surface area contributed by atoms with Gasteiger partial charge < -0.3 is 20.1 Å². The molecule has 1 aromatic heterocycles. The Balaban J connectivity index is 1.48. The first kappa shape index (κ1) is 18.0. The van der Waals surface area contributed by atoms with Gasteiger partial charge in [0.15, 0.2) is 5.96 Å². The van der Waals surface area contributed by atoms with Gasteiger partial charge in [0.1, 0.15) is 6.10 Å². The molecule has 2 fully saturated rings. The van der Waals surface area contributed by atoms with Gasteiger partial charge in [0.2, 0.25) is 5.88 Å². The Morgan fingerprint density at radius 2 is 2.12 bits per heavy atom. The molecule has 1 aliphatic carbocycles. The van der Waals surface area contributed by atoms with Gasteiger partial charge in [0, 0.05) is 32.0 Å². The van der Waals surface area contributed by atoms with Crippen LogP contribution in [0.1, 0.15) is 51.0 Å². The van der Waals surface area contributed by atoms with E-state index in [9.17, 15) is 0 Å². The van der Waals surface area contributed by atoms with Crippen molar-refractivity contribution in [1.29, 1.82) is 0 Å². The Morgan fingerprint density at radius 1 is 1.24 bits per heavy atom. The van der Waals surface area contributed by atoms with Crippen LogP contribution in [0.25, 0.3) is 0 Å². The number of nitrogens with one attached hydrogen (secondary N) is 2. The molecule has 0 bridgehead atoms. The van der Waals surface area contributed by atoms with Crippen LogP contribution in [-0.4, -0.2) is 42.8 Å². The number of pyridine rings is 1. The highest BCUT2D eigenvalue weighted by atomic mass is 16.5. The molecule has 0 amide bonds. The standard InChI is InChI=1S/C19H30N4O2/c1-2-20-19(23-14-17-8-5-11-24-17)22-13-15-9-10-18(21-12-15)25-16-6-3-4-7-16/h9-10,12,16-17H,2-8,11,13-14H2,1H3,(H2,20,22,23). The second-order valence-electron chi connectivity index (χ2n) is 6.74. The second-order valence-corrected chi connectivity index (χ2v) is 6.74. The average molecular weight is 346 g/mol. The van der Waals surface area contributed by atoms with Crippen LogP contribution in [-0.2, 0) is 11.3 Å². The fourth-order valence-corrected chi connectivity index (χ4v) is 3.28. The van der Waals surface area contributed by atoms with Crippen molar-refractivity contribution in [2.75, 3.05) is 19.7 Å². The maximum absolute atomic E-state index is 5.90.